The molecule has 1 aromatic heterocycles. The first-order valence-corrected chi connectivity index (χ1v) is 3.92. The molecule has 5 heteroatoms. The standard InChI is InChI=1S/C9H6N4O/c10-5-7-9(11)13(14)8-4-2-1-3-6(8)12-7/h1-4H,11H2. The van der Waals surface area contributed by atoms with Crippen LogP contribution in [0, 0.1) is 16.5 Å². The van der Waals surface area contributed by atoms with Crippen LogP contribution in [0.2, 0.25) is 0 Å². The van der Waals surface area contributed by atoms with E-state index in [-0.39, 0.29) is 11.5 Å². The highest BCUT2D eigenvalue weighted by atomic mass is 16.5. The topological polar surface area (TPSA) is 89.6 Å². The number of fused-ring (bicyclic) bond motifs is 1. The summed E-state index contributed by atoms with van der Waals surface area (Å²) in [5, 5.41) is 20.2. The monoisotopic (exact) mass is 186 g/mol. The van der Waals surface area contributed by atoms with Gasteiger partial charge in [0.2, 0.25) is 5.69 Å². The fraction of sp³-hybridized carbons (Fsp3) is 0. The molecule has 0 saturated heterocycles. The van der Waals surface area contributed by atoms with Crippen molar-refractivity contribution in [2.75, 3.05) is 5.73 Å². The Bertz CT molecular complexity index is 544. The Labute approximate surface area is 79.6 Å². The summed E-state index contributed by atoms with van der Waals surface area (Å²) in [6.45, 7) is 0. The van der Waals surface area contributed by atoms with Crippen LogP contribution in [0.1, 0.15) is 5.69 Å². The average molecular weight is 186 g/mol. The molecule has 5 nitrogen and oxygen atoms in total. The minimum Gasteiger partial charge on any atom is -0.710 e. The normalized spacial score (nSPS) is 9.93. The van der Waals surface area contributed by atoms with Crippen molar-refractivity contribution in [3.8, 4) is 6.07 Å². The fourth-order valence-corrected chi connectivity index (χ4v) is 1.22. The van der Waals surface area contributed by atoms with Crippen molar-refractivity contribution in [2.24, 2.45) is 0 Å². The number of rotatable bonds is 0. The number of hydrogen-bond donors (Lipinski definition) is 1. The lowest BCUT2D eigenvalue weighted by molar-refractivity contribution is -0.561. The Hall–Kier alpha value is -2.35. The SMILES string of the molecule is N#Cc1nc2ccccc2[n+]([O-])c1N. The van der Waals surface area contributed by atoms with E-state index in [9.17, 15) is 5.21 Å². The van der Waals surface area contributed by atoms with E-state index in [1.165, 1.54) is 0 Å². The second kappa shape index (κ2) is 2.85. The highest BCUT2D eigenvalue weighted by Crippen LogP contribution is 2.10. The van der Waals surface area contributed by atoms with E-state index < -0.39 is 0 Å². The number of nitriles is 1. The van der Waals surface area contributed by atoms with Crippen LogP contribution in [0.3, 0.4) is 0 Å². The third-order valence-electron chi connectivity index (χ3n) is 1.90. The largest absolute Gasteiger partial charge is 0.710 e. The first-order chi connectivity index (χ1) is 6.74. The predicted octanol–water partition coefficient (Wildman–Crippen LogP) is 0.322. The van der Waals surface area contributed by atoms with E-state index >= 15 is 0 Å². The molecule has 0 bridgehead atoms. The van der Waals surface area contributed by atoms with Gasteiger partial charge in [0.1, 0.15) is 11.6 Å². The van der Waals surface area contributed by atoms with Gasteiger partial charge < -0.3 is 5.21 Å². The van der Waals surface area contributed by atoms with E-state index in [4.69, 9.17) is 11.0 Å². The number of benzene rings is 1. The summed E-state index contributed by atoms with van der Waals surface area (Å²) in [5.41, 5.74) is 6.21. The summed E-state index contributed by atoms with van der Waals surface area (Å²) in [6, 6.07) is 8.49. The molecule has 0 spiro atoms. The Balaban J connectivity index is 2.94. The van der Waals surface area contributed by atoms with Crippen molar-refractivity contribution in [1.29, 1.82) is 5.26 Å². The van der Waals surface area contributed by atoms with Gasteiger partial charge in [-0.15, -0.1) is 0 Å². The van der Waals surface area contributed by atoms with E-state index in [2.05, 4.69) is 4.98 Å². The van der Waals surface area contributed by atoms with Gasteiger partial charge in [-0.25, -0.2) is 9.71 Å². The molecule has 1 heterocycles. The Morgan fingerprint density at radius 1 is 1.43 bits per heavy atom. The lowest BCUT2D eigenvalue weighted by Crippen LogP contribution is -2.33. The molecule has 1 aromatic carbocycles. The van der Waals surface area contributed by atoms with Gasteiger partial charge in [0.05, 0.1) is 0 Å². The molecular formula is C9H6N4O. The van der Waals surface area contributed by atoms with Crippen LogP contribution < -0.4 is 10.5 Å². The molecule has 0 radical (unpaired) electrons. The maximum atomic E-state index is 11.5. The fourth-order valence-electron chi connectivity index (χ4n) is 1.22. The molecule has 0 unspecified atom stereocenters. The minimum atomic E-state index is -0.161. The van der Waals surface area contributed by atoms with Crippen LogP contribution in [0.15, 0.2) is 24.3 Å². The quantitative estimate of drug-likeness (QED) is 0.474. The summed E-state index contributed by atoms with van der Waals surface area (Å²) in [7, 11) is 0. The summed E-state index contributed by atoms with van der Waals surface area (Å²) < 4.78 is 0.515. The third-order valence-corrected chi connectivity index (χ3v) is 1.90. The number of para-hydroxylation sites is 2. The van der Waals surface area contributed by atoms with Crippen molar-refractivity contribution in [3.05, 3.63) is 35.2 Å². The van der Waals surface area contributed by atoms with E-state index in [0.29, 0.717) is 15.8 Å². The van der Waals surface area contributed by atoms with Gasteiger partial charge in [0, 0.05) is 0 Å². The number of nitrogen functional groups attached to an aromatic ring is 1. The summed E-state index contributed by atoms with van der Waals surface area (Å²) in [5.74, 6) is -0.161. The zero-order valence-electron chi connectivity index (χ0n) is 7.14. The van der Waals surface area contributed by atoms with E-state index in [0.717, 1.165) is 0 Å². The molecule has 0 amide bonds. The molecule has 0 saturated carbocycles. The zero-order valence-corrected chi connectivity index (χ0v) is 7.14. The van der Waals surface area contributed by atoms with Crippen molar-refractivity contribution in [2.45, 2.75) is 0 Å². The minimum absolute atomic E-state index is 0.0429. The second-order valence-electron chi connectivity index (χ2n) is 2.74. The molecule has 68 valence electrons. The molecule has 2 rings (SSSR count). The maximum absolute atomic E-state index is 11.5. The van der Waals surface area contributed by atoms with Gasteiger partial charge in [-0.1, -0.05) is 12.1 Å². The maximum Gasteiger partial charge on any atom is 0.313 e. The number of hydrogen-bond acceptors (Lipinski definition) is 4. The molecule has 14 heavy (non-hydrogen) atoms. The summed E-state index contributed by atoms with van der Waals surface area (Å²) in [4.78, 5) is 3.95. The second-order valence-corrected chi connectivity index (χ2v) is 2.74. The van der Waals surface area contributed by atoms with Crippen LogP contribution in [0.5, 0.6) is 0 Å². The molecule has 0 aliphatic rings. The van der Waals surface area contributed by atoms with E-state index in [1.54, 1.807) is 30.3 Å². The zero-order chi connectivity index (χ0) is 10.1. The van der Waals surface area contributed by atoms with Gasteiger partial charge in [-0.05, 0) is 12.1 Å². The summed E-state index contributed by atoms with van der Waals surface area (Å²) >= 11 is 0. The van der Waals surface area contributed by atoms with Crippen molar-refractivity contribution < 1.29 is 4.73 Å². The van der Waals surface area contributed by atoms with E-state index in [1.807, 2.05) is 0 Å². The Morgan fingerprint density at radius 2 is 2.14 bits per heavy atom. The average Bonchev–Trinajstić information content (AvgIpc) is 2.23. The van der Waals surface area contributed by atoms with Crippen LogP contribution in [0.25, 0.3) is 11.0 Å². The van der Waals surface area contributed by atoms with Gasteiger partial charge in [-0.2, -0.15) is 5.26 Å². The van der Waals surface area contributed by atoms with Crippen LogP contribution in [-0.4, -0.2) is 4.98 Å². The first kappa shape index (κ1) is 8.26. The smallest absolute Gasteiger partial charge is 0.313 e. The first-order valence-electron chi connectivity index (χ1n) is 3.92. The number of anilines is 1. The lowest BCUT2D eigenvalue weighted by atomic mass is 10.3. The van der Waals surface area contributed by atoms with Crippen LogP contribution >= 0.6 is 0 Å². The molecule has 2 aromatic rings. The van der Waals surface area contributed by atoms with Gasteiger partial charge in [0.15, 0.2) is 5.52 Å². The molecule has 2 N–H and O–H groups in total. The Morgan fingerprint density at radius 3 is 2.86 bits per heavy atom. The van der Waals surface area contributed by atoms with Crippen LogP contribution in [0.4, 0.5) is 5.82 Å². The van der Waals surface area contributed by atoms with Gasteiger partial charge in [0.25, 0.3) is 0 Å². The highest BCUT2D eigenvalue weighted by Gasteiger charge is 2.11. The van der Waals surface area contributed by atoms with Gasteiger partial charge in [-0.3, -0.25) is 5.73 Å². The highest BCUT2D eigenvalue weighted by molar-refractivity contribution is 5.72. The molecule has 0 aliphatic heterocycles. The molecule has 0 atom stereocenters. The summed E-state index contributed by atoms with van der Waals surface area (Å²) in [6.07, 6.45) is 0. The van der Waals surface area contributed by atoms with Gasteiger partial charge >= 0.3 is 5.82 Å². The number of nitrogens with zero attached hydrogens (tertiary/aromatic N) is 3. The predicted molar refractivity (Wildman–Crippen MR) is 49.8 cm³/mol. The molecule has 0 aliphatic carbocycles. The van der Waals surface area contributed by atoms with Crippen molar-refractivity contribution in [1.82, 2.24) is 4.98 Å². The number of aromatic nitrogens is 2. The third kappa shape index (κ3) is 1.02. The van der Waals surface area contributed by atoms with Crippen LogP contribution in [-0.2, 0) is 0 Å². The molecule has 0 fully saturated rings. The Kier molecular flexibility index (Phi) is 1.68. The van der Waals surface area contributed by atoms with Crippen molar-refractivity contribution >= 4 is 16.9 Å². The van der Waals surface area contributed by atoms with Crippen molar-refractivity contribution in [3.63, 3.8) is 0 Å². The lowest BCUT2D eigenvalue weighted by Gasteiger charge is -2.08. The number of nitrogens with two attached hydrogens (primary N) is 1. The molecular weight excluding hydrogens is 180 g/mol.